The summed E-state index contributed by atoms with van der Waals surface area (Å²) in [6.45, 7) is 3.76. The second-order valence-corrected chi connectivity index (χ2v) is 1.74. The second-order valence-electron chi connectivity index (χ2n) is 1.74. The molecule has 0 bridgehead atoms. The third kappa shape index (κ3) is 3.79. The van der Waals surface area contributed by atoms with E-state index in [9.17, 15) is 0 Å². The van der Waals surface area contributed by atoms with Gasteiger partial charge in [0, 0.05) is 0 Å². The zero-order chi connectivity index (χ0) is 5.82. The summed E-state index contributed by atoms with van der Waals surface area (Å²) in [6, 6.07) is 10.2. The maximum atomic E-state index is 3.76. The fourth-order valence-corrected chi connectivity index (χ4v) is 0.645. The van der Waals surface area contributed by atoms with E-state index in [4.69, 9.17) is 0 Å². The first-order valence-corrected chi connectivity index (χ1v) is 2.76. The van der Waals surface area contributed by atoms with Crippen LogP contribution in [0.25, 0.3) is 0 Å². The Balaban J connectivity index is 0. The maximum Gasteiger partial charge on any atom is 2.00 e. The van der Waals surface area contributed by atoms with Crippen LogP contribution in [0.1, 0.15) is 5.56 Å². The first-order valence-electron chi connectivity index (χ1n) is 2.76. The van der Waals surface area contributed by atoms with Gasteiger partial charge in [0.1, 0.15) is 0 Å². The Bertz CT molecular complexity index is 146. The molecule has 0 fully saturated rings. The molecule has 0 nitrogen and oxygen atoms in total. The van der Waals surface area contributed by atoms with Crippen LogP contribution in [0.15, 0.2) is 30.3 Å². The van der Waals surface area contributed by atoms with Crippen LogP contribution >= 0.6 is 0 Å². The average Bonchev–Trinajstić information content (AvgIpc) is 1.90. The molecule has 0 spiro atoms. The molecule has 0 saturated carbocycles. The normalized spacial score (nSPS) is 7.30. The van der Waals surface area contributed by atoms with Gasteiger partial charge in [0.15, 0.2) is 0 Å². The quantitative estimate of drug-likeness (QED) is 0.466. The van der Waals surface area contributed by atoms with E-state index >= 15 is 0 Å². The van der Waals surface area contributed by atoms with Crippen molar-refractivity contribution < 1.29 is 19.5 Å². The molecule has 0 aliphatic rings. The SMILES string of the molecule is [CH2-]Cc1ccccc1.[CH3-].[Zn+2]. The van der Waals surface area contributed by atoms with Gasteiger partial charge in [0.25, 0.3) is 0 Å². The Morgan fingerprint density at radius 2 is 1.60 bits per heavy atom. The molecule has 1 heteroatoms. The standard InChI is InChI=1S/C8H9.CH3.Zn/c1-2-8-6-4-3-5-7-8;;/h3-7H,1-2H2;1H3;/q2*-1;+2. The van der Waals surface area contributed by atoms with E-state index in [1.54, 1.807) is 0 Å². The van der Waals surface area contributed by atoms with Crippen molar-refractivity contribution in [3.05, 3.63) is 50.2 Å². The van der Waals surface area contributed by atoms with Gasteiger partial charge in [-0.1, -0.05) is 35.9 Å². The Morgan fingerprint density at radius 3 is 1.90 bits per heavy atom. The van der Waals surface area contributed by atoms with Crippen LogP contribution in [0.4, 0.5) is 0 Å². The molecule has 0 radical (unpaired) electrons. The van der Waals surface area contributed by atoms with Crippen LogP contribution in [0.3, 0.4) is 0 Å². The molecule has 50 valence electrons. The van der Waals surface area contributed by atoms with Crippen molar-refractivity contribution >= 4 is 0 Å². The minimum Gasteiger partial charge on any atom is -0.358 e. The fourth-order valence-electron chi connectivity index (χ4n) is 0.645. The van der Waals surface area contributed by atoms with Crippen molar-refractivity contribution in [3.63, 3.8) is 0 Å². The first-order chi connectivity index (χ1) is 3.93. The van der Waals surface area contributed by atoms with E-state index in [-0.39, 0.29) is 26.9 Å². The summed E-state index contributed by atoms with van der Waals surface area (Å²) in [5, 5.41) is 0. The summed E-state index contributed by atoms with van der Waals surface area (Å²) in [5.41, 5.74) is 1.30. The van der Waals surface area contributed by atoms with E-state index in [1.165, 1.54) is 5.56 Å². The van der Waals surface area contributed by atoms with Crippen molar-refractivity contribution in [2.24, 2.45) is 0 Å². The summed E-state index contributed by atoms with van der Waals surface area (Å²) in [5.74, 6) is 0. The predicted molar refractivity (Wildman–Crippen MR) is 41.9 cm³/mol. The predicted octanol–water partition coefficient (Wildman–Crippen LogP) is 2.51. The molecular weight excluding hydrogens is 173 g/mol. The van der Waals surface area contributed by atoms with Crippen LogP contribution in [0, 0.1) is 14.4 Å². The van der Waals surface area contributed by atoms with Crippen LogP contribution in [-0.4, -0.2) is 0 Å². The number of hydrogen-bond acceptors (Lipinski definition) is 0. The zero-order valence-corrected chi connectivity index (χ0v) is 9.48. The van der Waals surface area contributed by atoms with Gasteiger partial charge in [-0.25, -0.2) is 0 Å². The first kappa shape index (κ1) is 12.5. The average molecular weight is 186 g/mol. The van der Waals surface area contributed by atoms with E-state index in [2.05, 4.69) is 19.1 Å². The van der Waals surface area contributed by atoms with E-state index in [0.717, 1.165) is 6.42 Å². The van der Waals surface area contributed by atoms with E-state index < -0.39 is 0 Å². The van der Waals surface area contributed by atoms with E-state index in [1.807, 2.05) is 18.2 Å². The summed E-state index contributed by atoms with van der Waals surface area (Å²) >= 11 is 0. The van der Waals surface area contributed by atoms with Gasteiger partial charge < -0.3 is 14.4 Å². The van der Waals surface area contributed by atoms with Crippen molar-refractivity contribution in [2.45, 2.75) is 6.42 Å². The van der Waals surface area contributed by atoms with Crippen molar-refractivity contribution in [1.29, 1.82) is 0 Å². The third-order valence-electron chi connectivity index (χ3n) is 1.13. The molecule has 1 rings (SSSR count). The largest absolute Gasteiger partial charge is 2.00 e. The molecule has 0 atom stereocenters. The van der Waals surface area contributed by atoms with Crippen molar-refractivity contribution in [1.82, 2.24) is 0 Å². The molecule has 0 amide bonds. The minimum atomic E-state index is 0. The number of hydrogen-bond donors (Lipinski definition) is 0. The Morgan fingerprint density at radius 1 is 1.10 bits per heavy atom. The van der Waals surface area contributed by atoms with E-state index in [0.29, 0.717) is 0 Å². The molecule has 1 aromatic carbocycles. The Kier molecular flexibility index (Phi) is 8.70. The fraction of sp³-hybridized carbons (Fsp3) is 0.111. The second kappa shape index (κ2) is 6.96. The molecule has 0 aliphatic carbocycles. The van der Waals surface area contributed by atoms with Gasteiger partial charge in [0.05, 0.1) is 0 Å². The number of benzene rings is 1. The molecule has 0 unspecified atom stereocenters. The zero-order valence-electron chi connectivity index (χ0n) is 6.51. The van der Waals surface area contributed by atoms with Crippen LogP contribution in [0.5, 0.6) is 0 Å². The molecular formula is C9H12Zn. The summed E-state index contributed by atoms with van der Waals surface area (Å²) in [6.07, 6.45) is 0.890. The monoisotopic (exact) mass is 184 g/mol. The molecule has 1 aromatic rings. The van der Waals surface area contributed by atoms with Gasteiger partial charge in [-0.3, -0.25) is 0 Å². The van der Waals surface area contributed by atoms with Gasteiger partial charge in [-0.05, 0) is 0 Å². The number of rotatable bonds is 1. The van der Waals surface area contributed by atoms with Crippen LogP contribution < -0.4 is 0 Å². The van der Waals surface area contributed by atoms with Crippen molar-refractivity contribution in [2.75, 3.05) is 0 Å². The molecule has 0 aliphatic heterocycles. The molecule has 0 aromatic heterocycles. The summed E-state index contributed by atoms with van der Waals surface area (Å²) in [7, 11) is 0. The van der Waals surface area contributed by atoms with Gasteiger partial charge >= 0.3 is 19.5 Å². The van der Waals surface area contributed by atoms with Crippen LogP contribution in [-0.2, 0) is 25.9 Å². The van der Waals surface area contributed by atoms with Gasteiger partial charge in [-0.15, -0.1) is 0 Å². The van der Waals surface area contributed by atoms with Gasteiger partial charge in [-0.2, -0.15) is 6.42 Å². The smallest absolute Gasteiger partial charge is 0.358 e. The Hall–Kier alpha value is -0.157. The topological polar surface area (TPSA) is 0 Å². The summed E-state index contributed by atoms with van der Waals surface area (Å²) in [4.78, 5) is 0. The van der Waals surface area contributed by atoms with Crippen molar-refractivity contribution in [3.8, 4) is 0 Å². The maximum absolute atomic E-state index is 3.76. The van der Waals surface area contributed by atoms with Crippen LogP contribution in [0.2, 0.25) is 0 Å². The molecule has 0 N–H and O–H groups in total. The minimum absolute atomic E-state index is 0. The molecule has 10 heavy (non-hydrogen) atoms. The summed E-state index contributed by atoms with van der Waals surface area (Å²) < 4.78 is 0. The molecule has 0 saturated heterocycles. The third-order valence-corrected chi connectivity index (χ3v) is 1.13. The molecule has 0 heterocycles. The Labute approximate surface area is 76.4 Å². The van der Waals surface area contributed by atoms with Gasteiger partial charge in [0.2, 0.25) is 0 Å².